The number of benzene rings is 1. The summed E-state index contributed by atoms with van der Waals surface area (Å²) in [4.78, 5) is 0. The molecule has 2 heteroatoms. The minimum atomic E-state index is 0.821. The van der Waals surface area contributed by atoms with E-state index in [-0.39, 0.29) is 0 Å². The van der Waals surface area contributed by atoms with Crippen LogP contribution in [-0.2, 0) is 6.42 Å². The van der Waals surface area contributed by atoms with Crippen molar-refractivity contribution in [2.75, 3.05) is 20.7 Å². The van der Waals surface area contributed by atoms with Crippen LogP contribution in [0.15, 0.2) is 24.3 Å². The Labute approximate surface area is 117 Å². The quantitative estimate of drug-likeness (QED) is 0.817. The highest BCUT2D eigenvalue weighted by Crippen LogP contribution is 2.31. The van der Waals surface area contributed by atoms with E-state index in [1.807, 2.05) is 6.07 Å². The molecule has 1 aliphatic carbocycles. The minimum absolute atomic E-state index is 0.821. The van der Waals surface area contributed by atoms with Crippen molar-refractivity contribution in [3.8, 4) is 5.75 Å². The maximum atomic E-state index is 5.33. The maximum Gasteiger partial charge on any atom is 0.119 e. The lowest BCUT2D eigenvalue weighted by molar-refractivity contribution is 0.303. The third-order valence-electron chi connectivity index (χ3n) is 4.41. The predicted octanol–water partition coefficient (Wildman–Crippen LogP) is 3.65. The van der Waals surface area contributed by atoms with Crippen molar-refractivity contribution in [2.24, 2.45) is 11.8 Å². The molecular weight excluding hydrogens is 234 g/mol. The van der Waals surface area contributed by atoms with Crippen LogP contribution in [0.1, 0.15) is 37.7 Å². The summed E-state index contributed by atoms with van der Waals surface area (Å²) in [6.07, 6.45) is 8.17. The van der Waals surface area contributed by atoms with Crippen molar-refractivity contribution in [3.63, 3.8) is 0 Å². The lowest BCUT2D eigenvalue weighted by Gasteiger charge is -2.25. The Balaban J connectivity index is 2.04. The van der Waals surface area contributed by atoms with Gasteiger partial charge in [0.05, 0.1) is 7.11 Å². The second-order valence-corrected chi connectivity index (χ2v) is 5.77. The molecule has 106 valence electrons. The third kappa shape index (κ3) is 4.24. The third-order valence-corrected chi connectivity index (χ3v) is 4.41. The van der Waals surface area contributed by atoms with Gasteiger partial charge in [-0.2, -0.15) is 0 Å². The summed E-state index contributed by atoms with van der Waals surface area (Å²) < 4.78 is 5.33. The number of rotatable bonds is 5. The van der Waals surface area contributed by atoms with Gasteiger partial charge in [0.15, 0.2) is 0 Å². The van der Waals surface area contributed by atoms with E-state index in [0.29, 0.717) is 0 Å². The van der Waals surface area contributed by atoms with E-state index in [0.717, 1.165) is 24.1 Å². The van der Waals surface area contributed by atoms with Gasteiger partial charge in [0.25, 0.3) is 0 Å². The zero-order valence-corrected chi connectivity index (χ0v) is 12.3. The zero-order valence-electron chi connectivity index (χ0n) is 12.3. The van der Waals surface area contributed by atoms with Crippen molar-refractivity contribution < 1.29 is 4.74 Å². The second-order valence-electron chi connectivity index (χ2n) is 5.77. The molecular formula is C17H27NO. The van der Waals surface area contributed by atoms with E-state index in [1.54, 1.807) is 7.11 Å². The van der Waals surface area contributed by atoms with Gasteiger partial charge in [-0.25, -0.2) is 0 Å². The van der Waals surface area contributed by atoms with Crippen LogP contribution in [0, 0.1) is 11.8 Å². The van der Waals surface area contributed by atoms with Crippen molar-refractivity contribution in [1.82, 2.24) is 5.32 Å². The highest BCUT2D eigenvalue weighted by molar-refractivity contribution is 5.28. The molecule has 0 bridgehead atoms. The van der Waals surface area contributed by atoms with E-state index < -0.39 is 0 Å². The van der Waals surface area contributed by atoms with Gasteiger partial charge in [-0.05, 0) is 62.4 Å². The monoisotopic (exact) mass is 261 g/mol. The molecule has 1 aromatic rings. The van der Waals surface area contributed by atoms with Crippen molar-refractivity contribution in [1.29, 1.82) is 0 Å². The molecule has 1 aliphatic rings. The van der Waals surface area contributed by atoms with Gasteiger partial charge >= 0.3 is 0 Å². The molecule has 0 heterocycles. The lowest BCUT2D eigenvalue weighted by Crippen LogP contribution is -2.26. The Bertz CT molecular complexity index is 377. The fourth-order valence-electron chi connectivity index (χ4n) is 3.36. The lowest BCUT2D eigenvalue weighted by atomic mass is 9.83. The molecule has 19 heavy (non-hydrogen) atoms. The maximum absolute atomic E-state index is 5.33. The number of ether oxygens (including phenoxy) is 1. The molecule has 0 spiro atoms. The molecule has 2 nitrogen and oxygen atoms in total. The van der Waals surface area contributed by atoms with Crippen molar-refractivity contribution in [2.45, 2.75) is 38.5 Å². The van der Waals surface area contributed by atoms with Gasteiger partial charge in [-0.15, -0.1) is 0 Å². The van der Waals surface area contributed by atoms with Crippen LogP contribution in [0.25, 0.3) is 0 Å². The highest BCUT2D eigenvalue weighted by Gasteiger charge is 2.23. The van der Waals surface area contributed by atoms with Crippen molar-refractivity contribution >= 4 is 0 Å². The van der Waals surface area contributed by atoms with Gasteiger partial charge in [-0.1, -0.05) is 31.4 Å². The number of hydrogen-bond acceptors (Lipinski definition) is 2. The Morgan fingerprint density at radius 2 is 1.95 bits per heavy atom. The summed E-state index contributed by atoms with van der Waals surface area (Å²) in [5, 5.41) is 3.38. The summed E-state index contributed by atoms with van der Waals surface area (Å²) >= 11 is 0. The largest absolute Gasteiger partial charge is 0.497 e. The molecule has 0 amide bonds. The molecule has 1 N–H and O–H groups in total. The highest BCUT2D eigenvalue weighted by atomic mass is 16.5. The second kappa shape index (κ2) is 7.54. The van der Waals surface area contributed by atoms with E-state index in [9.17, 15) is 0 Å². The van der Waals surface area contributed by atoms with E-state index in [4.69, 9.17) is 4.74 Å². The van der Waals surface area contributed by atoms with Gasteiger partial charge in [-0.3, -0.25) is 0 Å². The van der Waals surface area contributed by atoms with Crippen LogP contribution in [0.3, 0.4) is 0 Å². The Kier molecular flexibility index (Phi) is 5.71. The standard InChI is InChI=1S/C17H27NO/c1-18-13-16-9-5-3-4-8-15(16)11-14-7-6-10-17(12-14)19-2/h6-7,10,12,15-16,18H,3-5,8-9,11,13H2,1-2H3. The van der Waals surface area contributed by atoms with Crippen LogP contribution >= 0.6 is 0 Å². The Hall–Kier alpha value is -1.02. The molecule has 1 aromatic carbocycles. The molecule has 0 saturated heterocycles. The Morgan fingerprint density at radius 1 is 1.16 bits per heavy atom. The predicted molar refractivity (Wildman–Crippen MR) is 80.7 cm³/mol. The number of hydrogen-bond donors (Lipinski definition) is 1. The summed E-state index contributed by atoms with van der Waals surface area (Å²) in [5.41, 5.74) is 1.42. The van der Waals surface area contributed by atoms with Crippen LogP contribution in [0.5, 0.6) is 5.75 Å². The summed E-state index contributed by atoms with van der Waals surface area (Å²) in [7, 11) is 3.82. The average molecular weight is 261 g/mol. The van der Waals surface area contributed by atoms with Gasteiger partial charge in [0, 0.05) is 0 Å². The van der Waals surface area contributed by atoms with Crippen LogP contribution in [-0.4, -0.2) is 20.7 Å². The normalized spacial score (nSPS) is 23.9. The summed E-state index contributed by atoms with van der Waals surface area (Å²) in [6.45, 7) is 1.16. The minimum Gasteiger partial charge on any atom is -0.497 e. The topological polar surface area (TPSA) is 21.3 Å². The fraction of sp³-hybridized carbons (Fsp3) is 0.647. The van der Waals surface area contributed by atoms with E-state index >= 15 is 0 Å². The Morgan fingerprint density at radius 3 is 2.68 bits per heavy atom. The summed E-state index contributed by atoms with van der Waals surface area (Å²) in [6, 6.07) is 8.57. The first-order valence-corrected chi connectivity index (χ1v) is 7.61. The first kappa shape index (κ1) is 14.4. The zero-order chi connectivity index (χ0) is 13.5. The van der Waals surface area contributed by atoms with Gasteiger partial charge in [0.1, 0.15) is 5.75 Å². The number of nitrogens with one attached hydrogen (secondary N) is 1. The van der Waals surface area contributed by atoms with Gasteiger partial charge < -0.3 is 10.1 Å². The fourth-order valence-corrected chi connectivity index (χ4v) is 3.36. The molecule has 0 aromatic heterocycles. The van der Waals surface area contributed by atoms with Crippen LogP contribution < -0.4 is 10.1 Å². The molecule has 1 fully saturated rings. The van der Waals surface area contributed by atoms with E-state index in [2.05, 4.69) is 30.6 Å². The van der Waals surface area contributed by atoms with Gasteiger partial charge in [0.2, 0.25) is 0 Å². The van der Waals surface area contributed by atoms with Crippen LogP contribution in [0.2, 0.25) is 0 Å². The SMILES string of the molecule is CNCC1CCCCCC1Cc1cccc(OC)c1. The smallest absolute Gasteiger partial charge is 0.119 e. The molecule has 2 atom stereocenters. The molecule has 2 unspecified atom stereocenters. The molecule has 0 aliphatic heterocycles. The van der Waals surface area contributed by atoms with E-state index in [1.165, 1.54) is 44.1 Å². The van der Waals surface area contributed by atoms with Crippen LogP contribution in [0.4, 0.5) is 0 Å². The molecule has 1 saturated carbocycles. The molecule has 0 radical (unpaired) electrons. The number of methoxy groups -OCH3 is 1. The first-order valence-electron chi connectivity index (χ1n) is 7.61. The summed E-state index contributed by atoms with van der Waals surface area (Å²) in [5.74, 6) is 2.64. The van der Waals surface area contributed by atoms with Crippen molar-refractivity contribution in [3.05, 3.63) is 29.8 Å². The molecule has 2 rings (SSSR count). The first-order chi connectivity index (χ1) is 9.33. The average Bonchev–Trinajstić information content (AvgIpc) is 2.65.